The van der Waals surface area contributed by atoms with Gasteiger partial charge in [0.15, 0.2) is 5.69 Å². The van der Waals surface area contributed by atoms with Gasteiger partial charge in [0.1, 0.15) is 6.61 Å². The second-order valence-corrected chi connectivity index (χ2v) is 8.21. The molecule has 2 aliphatic rings. The van der Waals surface area contributed by atoms with Crippen LogP contribution in [0.3, 0.4) is 0 Å². The topological polar surface area (TPSA) is 84.7 Å². The number of fused-ring (bicyclic) bond motifs is 1. The van der Waals surface area contributed by atoms with Gasteiger partial charge in [-0.05, 0) is 13.8 Å². The minimum atomic E-state index is -3.26. The number of hydrogen-bond donors (Lipinski definition) is 0. The van der Waals surface area contributed by atoms with Crippen molar-refractivity contribution in [3.8, 4) is 5.88 Å². The van der Waals surface area contributed by atoms with Crippen LogP contribution < -0.4 is 4.74 Å². The van der Waals surface area contributed by atoms with Gasteiger partial charge in [-0.2, -0.15) is 9.40 Å². The molecule has 1 fully saturated rings. The lowest BCUT2D eigenvalue weighted by Crippen LogP contribution is -2.52. The van der Waals surface area contributed by atoms with Gasteiger partial charge in [-0.3, -0.25) is 4.79 Å². The Kier molecular flexibility index (Phi) is 3.85. The number of carbonyl (C=O) groups is 1. The van der Waals surface area contributed by atoms with Crippen LogP contribution in [0.2, 0.25) is 0 Å². The lowest BCUT2D eigenvalue weighted by Gasteiger charge is -2.34. The number of amides is 1. The summed E-state index contributed by atoms with van der Waals surface area (Å²) < 4.78 is 32.7. The van der Waals surface area contributed by atoms with E-state index in [1.54, 1.807) is 29.5 Å². The van der Waals surface area contributed by atoms with Crippen molar-refractivity contribution in [3.63, 3.8) is 0 Å². The number of rotatable bonds is 3. The Hall–Kier alpha value is -1.61. The Bertz CT molecular complexity index is 653. The molecule has 0 radical (unpaired) electrons. The standard InChI is InChI=1S/C13H20N4O4S/c1-10(2)22(19,20)16-5-3-15(4-6-16)13(18)11-9-12-17(14-11)7-8-21-12/h9-10H,3-8H2,1-2H3. The minimum absolute atomic E-state index is 0.174. The first-order valence-electron chi connectivity index (χ1n) is 7.38. The van der Waals surface area contributed by atoms with Crippen LogP contribution in [0.5, 0.6) is 5.88 Å². The van der Waals surface area contributed by atoms with Crippen molar-refractivity contribution < 1.29 is 17.9 Å². The van der Waals surface area contributed by atoms with E-state index < -0.39 is 15.3 Å². The Morgan fingerprint density at radius 2 is 1.91 bits per heavy atom. The fourth-order valence-corrected chi connectivity index (χ4v) is 3.89. The second-order valence-electron chi connectivity index (χ2n) is 5.72. The van der Waals surface area contributed by atoms with E-state index in [4.69, 9.17) is 4.74 Å². The maximum absolute atomic E-state index is 12.4. The van der Waals surface area contributed by atoms with Crippen LogP contribution in [-0.4, -0.2) is 71.3 Å². The SMILES string of the molecule is CC(C)S(=O)(=O)N1CCN(C(=O)c2cc3n(n2)CCO3)CC1. The highest BCUT2D eigenvalue weighted by Gasteiger charge is 2.32. The van der Waals surface area contributed by atoms with Gasteiger partial charge >= 0.3 is 0 Å². The van der Waals surface area contributed by atoms with Crippen LogP contribution in [0, 0.1) is 0 Å². The summed E-state index contributed by atoms with van der Waals surface area (Å²) in [6, 6.07) is 1.65. The Labute approximate surface area is 129 Å². The maximum Gasteiger partial charge on any atom is 0.274 e. The summed E-state index contributed by atoms with van der Waals surface area (Å²) in [6.45, 7) is 6.00. The van der Waals surface area contributed by atoms with Crippen molar-refractivity contribution in [2.75, 3.05) is 32.8 Å². The van der Waals surface area contributed by atoms with E-state index in [9.17, 15) is 13.2 Å². The summed E-state index contributed by atoms with van der Waals surface area (Å²) in [5.41, 5.74) is 0.356. The third kappa shape index (κ3) is 2.58. The van der Waals surface area contributed by atoms with E-state index in [1.807, 2.05) is 0 Å². The number of aromatic nitrogens is 2. The van der Waals surface area contributed by atoms with Crippen LogP contribution in [0.1, 0.15) is 24.3 Å². The Balaban J connectivity index is 1.65. The lowest BCUT2D eigenvalue weighted by molar-refractivity contribution is 0.0690. The highest BCUT2D eigenvalue weighted by molar-refractivity contribution is 7.89. The molecule has 8 nitrogen and oxygen atoms in total. The molecule has 0 aromatic carbocycles. The number of ether oxygens (including phenoxy) is 1. The molecule has 0 aliphatic carbocycles. The van der Waals surface area contributed by atoms with E-state index in [0.717, 1.165) is 0 Å². The van der Waals surface area contributed by atoms with Crippen molar-refractivity contribution in [3.05, 3.63) is 11.8 Å². The first-order valence-corrected chi connectivity index (χ1v) is 8.89. The number of hydrogen-bond acceptors (Lipinski definition) is 5. The van der Waals surface area contributed by atoms with Crippen LogP contribution in [0.15, 0.2) is 6.07 Å². The fraction of sp³-hybridized carbons (Fsp3) is 0.692. The molecular formula is C13H20N4O4S. The quantitative estimate of drug-likeness (QED) is 0.765. The molecule has 2 aliphatic heterocycles. The molecule has 3 heterocycles. The zero-order chi connectivity index (χ0) is 15.9. The van der Waals surface area contributed by atoms with Crippen molar-refractivity contribution in [2.24, 2.45) is 0 Å². The molecule has 1 saturated heterocycles. The van der Waals surface area contributed by atoms with Gasteiger partial charge in [-0.15, -0.1) is 0 Å². The van der Waals surface area contributed by atoms with Gasteiger partial charge in [0.25, 0.3) is 5.91 Å². The minimum Gasteiger partial charge on any atom is -0.476 e. The average molecular weight is 328 g/mol. The van der Waals surface area contributed by atoms with Gasteiger partial charge in [0.05, 0.1) is 11.8 Å². The number of carbonyl (C=O) groups excluding carboxylic acids is 1. The second kappa shape index (κ2) is 5.54. The molecule has 0 unspecified atom stereocenters. The molecule has 9 heteroatoms. The zero-order valence-electron chi connectivity index (χ0n) is 12.7. The van der Waals surface area contributed by atoms with Crippen molar-refractivity contribution in [1.29, 1.82) is 0 Å². The first kappa shape index (κ1) is 15.3. The molecule has 0 bridgehead atoms. The summed E-state index contributed by atoms with van der Waals surface area (Å²) in [5, 5.41) is 3.79. The molecule has 3 rings (SSSR count). The smallest absolute Gasteiger partial charge is 0.274 e. The maximum atomic E-state index is 12.4. The number of piperazine rings is 1. The van der Waals surface area contributed by atoms with Crippen LogP contribution in [-0.2, 0) is 16.6 Å². The summed E-state index contributed by atoms with van der Waals surface area (Å²) in [7, 11) is -3.26. The van der Waals surface area contributed by atoms with Crippen molar-refractivity contribution >= 4 is 15.9 Å². The van der Waals surface area contributed by atoms with Gasteiger partial charge < -0.3 is 9.64 Å². The van der Waals surface area contributed by atoms with Gasteiger partial charge in [0, 0.05) is 32.2 Å². The molecule has 0 N–H and O–H groups in total. The van der Waals surface area contributed by atoms with Gasteiger partial charge in [-0.1, -0.05) is 0 Å². The van der Waals surface area contributed by atoms with Crippen LogP contribution >= 0.6 is 0 Å². The largest absolute Gasteiger partial charge is 0.476 e. The molecule has 0 spiro atoms. The molecule has 0 saturated carbocycles. The molecule has 122 valence electrons. The van der Waals surface area contributed by atoms with Crippen LogP contribution in [0.4, 0.5) is 0 Å². The van der Waals surface area contributed by atoms with Gasteiger partial charge in [0.2, 0.25) is 15.9 Å². The molecule has 1 aromatic heterocycles. The van der Waals surface area contributed by atoms with Gasteiger partial charge in [-0.25, -0.2) is 13.1 Å². The van der Waals surface area contributed by atoms with Crippen LogP contribution in [0.25, 0.3) is 0 Å². The Morgan fingerprint density at radius 3 is 2.50 bits per heavy atom. The molecule has 1 amide bonds. The lowest BCUT2D eigenvalue weighted by atomic mass is 10.3. The third-order valence-electron chi connectivity index (χ3n) is 4.00. The van der Waals surface area contributed by atoms with Crippen molar-refractivity contribution in [1.82, 2.24) is 19.0 Å². The average Bonchev–Trinajstić information content (AvgIpc) is 3.07. The summed E-state index contributed by atoms with van der Waals surface area (Å²) in [5.74, 6) is 0.441. The predicted octanol–water partition coefficient (Wildman–Crippen LogP) is -0.228. The summed E-state index contributed by atoms with van der Waals surface area (Å²) in [6.07, 6.45) is 0. The molecule has 22 heavy (non-hydrogen) atoms. The molecule has 1 aromatic rings. The summed E-state index contributed by atoms with van der Waals surface area (Å²) in [4.78, 5) is 14.1. The van der Waals surface area contributed by atoms with E-state index in [2.05, 4.69) is 5.10 Å². The van der Waals surface area contributed by atoms with E-state index in [-0.39, 0.29) is 5.91 Å². The van der Waals surface area contributed by atoms with Crippen molar-refractivity contribution in [2.45, 2.75) is 25.6 Å². The molecule has 0 atom stereocenters. The highest BCUT2D eigenvalue weighted by atomic mass is 32.2. The number of nitrogens with zero attached hydrogens (tertiary/aromatic N) is 4. The third-order valence-corrected chi connectivity index (χ3v) is 6.27. The normalized spacial score (nSPS) is 19.3. The molecular weight excluding hydrogens is 308 g/mol. The van der Waals surface area contributed by atoms with E-state index >= 15 is 0 Å². The monoisotopic (exact) mass is 328 g/mol. The fourth-order valence-electron chi connectivity index (χ4n) is 2.62. The van der Waals surface area contributed by atoms with E-state index in [0.29, 0.717) is 50.9 Å². The number of sulfonamides is 1. The highest BCUT2D eigenvalue weighted by Crippen LogP contribution is 2.20. The zero-order valence-corrected chi connectivity index (χ0v) is 13.5. The first-order chi connectivity index (χ1) is 10.4. The predicted molar refractivity (Wildman–Crippen MR) is 79.3 cm³/mol. The Morgan fingerprint density at radius 1 is 1.23 bits per heavy atom. The summed E-state index contributed by atoms with van der Waals surface area (Å²) >= 11 is 0. The van der Waals surface area contributed by atoms with E-state index in [1.165, 1.54) is 4.31 Å².